The highest BCUT2D eigenvalue weighted by molar-refractivity contribution is 5.92. The van der Waals surface area contributed by atoms with Gasteiger partial charge in [-0.15, -0.1) is 0 Å². The van der Waals surface area contributed by atoms with Crippen molar-refractivity contribution in [3.8, 4) is 11.5 Å². The second-order valence-corrected chi connectivity index (χ2v) is 7.95. The maximum absolute atomic E-state index is 12.8. The number of rotatable bonds is 12. The lowest BCUT2D eigenvalue weighted by molar-refractivity contribution is -0.123. The molecule has 0 aliphatic heterocycles. The first kappa shape index (κ1) is 27.7. The highest BCUT2D eigenvalue weighted by atomic mass is 16.5. The standard InChI is InChI=1S/C28H30N4O6/c1-3-37-28(35)31-23(16-20-10-6-4-7-11-20)27(34)32-29-18-21-14-15-24(25(17-21)36-2)38-19-26(33)30-22-12-8-5-9-13-22/h4-15,17-18,23H,3,16,19H2,1-2H3,(H,30,33)(H,31,35)(H,32,34)/b29-18-/t23-/m0/s1. The van der Waals surface area contributed by atoms with Crippen LogP contribution in [0.5, 0.6) is 11.5 Å². The van der Waals surface area contributed by atoms with Gasteiger partial charge in [0.1, 0.15) is 6.04 Å². The summed E-state index contributed by atoms with van der Waals surface area (Å²) in [7, 11) is 1.48. The van der Waals surface area contributed by atoms with Crippen molar-refractivity contribution in [3.05, 3.63) is 90.0 Å². The Hall–Kier alpha value is -4.86. The highest BCUT2D eigenvalue weighted by Gasteiger charge is 2.21. The topological polar surface area (TPSA) is 127 Å². The molecular weight excluding hydrogens is 488 g/mol. The summed E-state index contributed by atoms with van der Waals surface area (Å²) in [5.41, 5.74) is 4.60. The second-order valence-electron chi connectivity index (χ2n) is 7.95. The third kappa shape index (κ3) is 8.98. The number of benzene rings is 3. The number of carbonyl (C=O) groups excluding carboxylic acids is 3. The predicted octanol–water partition coefficient (Wildman–Crippen LogP) is 3.52. The molecule has 0 saturated heterocycles. The highest BCUT2D eigenvalue weighted by Crippen LogP contribution is 2.27. The SMILES string of the molecule is CCOC(=O)N[C@@H](Cc1ccccc1)C(=O)N/N=C\c1ccc(OCC(=O)Nc2ccccc2)c(OC)c1. The lowest BCUT2D eigenvalue weighted by Crippen LogP contribution is -2.47. The number of anilines is 1. The zero-order valence-corrected chi connectivity index (χ0v) is 21.2. The van der Waals surface area contributed by atoms with Crippen molar-refractivity contribution in [3.63, 3.8) is 0 Å². The van der Waals surface area contributed by atoms with Crippen LogP contribution in [0.4, 0.5) is 10.5 Å². The Morgan fingerprint density at radius 3 is 2.34 bits per heavy atom. The maximum atomic E-state index is 12.8. The molecule has 3 N–H and O–H groups in total. The van der Waals surface area contributed by atoms with Gasteiger partial charge in [-0.2, -0.15) is 5.10 Å². The molecule has 3 aromatic rings. The van der Waals surface area contributed by atoms with E-state index in [-0.39, 0.29) is 25.5 Å². The van der Waals surface area contributed by atoms with Gasteiger partial charge < -0.3 is 24.8 Å². The Balaban J connectivity index is 1.58. The van der Waals surface area contributed by atoms with Crippen molar-refractivity contribution in [1.82, 2.24) is 10.7 Å². The average Bonchev–Trinajstić information content (AvgIpc) is 2.93. The number of alkyl carbamates (subject to hydrolysis) is 1. The summed E-state index contributed by atoms with van der Waals surface area (Å²) in [5.74, 6) is -0.0558. The van der Waals surface area contributed by atoms with Crippen molar-refractivity contribution in [2.45, 2.75) is 19.4 Å². The number of para-hydroxylation sites is 1. The molecule has 3 amide bonds. The first-order valence-corrected chi connectivity index (χ1v) is 11.9. The minimum absolute atomic E-state index is 0.183. The molecule has 0 spiro atoms. The molecule has 0 aliphatic rings. The lowest BCUT2D eigenvalue weighted by atomic mass is 10.1. The molecule has 3 aromatic carbocycles. The fraction of sp³-hybridized carbons (Fsp3) is 0.214. The summed E-state index contributed by atoms with van der Waals surface area (Å²) >= 11 is 0. The van der Waals surface area contributed by atoms with E-state index in [9.17, 15) is 14.4 Å². The molecule has 0 radical (unpaired) electrons. The van der Waals surface area contributed by atoms with Gasteiger partial charge in [0.05, 0.1) is 19.9 Å². The largest absolute Gasteiger partial charge is 0.493 e. The van der Waals surface area contributed by atoms with Gasteiger partial charge in [-0.1, -0.05) is 48.5 Å². The van der Waals surface area contributed by atoms with Gasteiger partial charge in [-0.25, -0.2) is 10.2 Å². The van der Waals surface area contributed by atoms with E-state index in [1.807, 2.05) is 48.5 Å². The van der Waals surface area contributed by atoms with Gasteiger partial charge >= 0.3 is 6.09 Å². The average molecular weight is 519 g/mol. The fourth-order valence-electron chi connectivity index (χ4n) is 3.37. The summed E-state index contributed by atoms with van der Waals surface area (Å²) in [5, 5.41) is 9.31. The number of amides is 3. The van der Waals surface area contributed by atoms with Crippen LogP contribution in [0.25, 0.3) is 0 Å². The van der Waals surface area contributed by atoms with Crippen molar-refractivity contribution in [2.24, 2.45) is 5.10 Å². The quantitative estimate of drug-likeness (QED) is 0.249. The Morgan fingerprint density at radius 1 is 0.947 bits per heavy atom. The van der Waals surface area contributed by atoms with Gasteiger partial charge in [0, 0.05) is 12.1 Å². The molecule has 0 fully saturated rings. The molecule has 0 aliphatic carbocycles. The van der Waals surface area contributed by atoms with E-state index in [0.717, 1.165) is 5.56 Å². The molecule has 1 atom stereocenters. The van der Waals surface area contributed by atoms with Crippen LogP contribution in [-0.2, 0) is 20.7 Å². The third-order valence-electron chi connectivity index (χ3n) is 5.16. The van der Waals surface area contributed by atoms with Crippen LogP contribution in [0.3, 0.4) is 0 Å². The molecule has 10 heteroatoms. The Labute approximate surface area is 221 Å². The van der Waals surface area contributed by atoms with Crippen LogP contribution >= 0.6 is 0 Å². The van der Waals surface area contributed by atoms with Gasteiger partial charge in [-0.3, -0.25) is 9.59 Å². The number of nitrogens with zero attached hydrogens (tertiary/aromatic N) is 1. The van der Waals surface area contributed by atoms with Crippen LogP contribution in [0, 0.1) is 0 Å². The smallest absolute Gasteiger partial charge is 0.407 e. The van der Waals surface area contributed by atoms with Gasteiger partial charge in [0.25, 0.3) is 11.8 Å². The first-order valence-electron chi connectivity index (χ1n) is 11.9. The Morgan fingerprint density at radius 2 is 1.66 bits per heavy atom. The molecule has 3 rings (SSSR count). The molecule has 0 heterocycles. The van der Waals surface area contributed by atoms with Gasteiger partial charge in [0.15, 0.2) is 18.1 Å². The molecular formula is C28H30N4O6. The van der Waals surface area contributed by atoms with Gasteiger partial charge in [-0.05, 0) is 48.4 Å². The van der Waals surface area contributed by atoms with Crippen molar-refractivity contribution >= 4 is 29.8 Å². The summed E-state index contributed by atoms with van der Waals surface area (Å²) in [6.45, 7) is 1.66. The number of hydrogen-bond donors (Lipinski definition) is 3. The number of ether oxygens (including phenoxy) is 3. The molecule has 10 nitrogen and oxygen atoms in total. The minimum atomic E-state index is -0.888. The van der Waals surface area contributed by atoms with E-state index >= 15 is 0 Å². The van der Waals surface area contributed by atoms with Crippen LogP contribution in [-0.4, -0.2) is 50.5 Å². The number of nitrogens with one attached hydrogen (secondary N) is 3. The number of hydrogen-bond acceptors (Lipinski definition) is 7. The lowest BCUT2D eigenvalue weighted by Gasteiger charge is -2.16. The first-order chi connectivity index (χ1) is 18.5. The van der Waals surface area contributed by atoms with Crippen molar-refractivity contribution in [1.29, 1.82) is 0 Å². The van der Waals surface area contributed by atoms with E-state index < -0.39 is 18.0 Å². The van der Waals surface area contributed by atoms with Crippen LogP contribution in [0.1, 0.15) is 18.1 Å². The monoisotopic (exact) mass is 518 g/mol. The molecule has 0 bridgehead atoms. The van der Waals surface area contributed by atoms with E-state index in [4.69, 9.17) is 14.2 Å². The second kappa shape index (κ2) is 14.6. The van der Waals surface area contributed by atoms with Crippen LogP contribution < -0.4 is 25.5 Å². The zero-order chi connectivity index (χ0) is 27.2. The molecule has 0 aromatic heterocycles. The molecule has 0 unspecified atom stereocenters. The summed E-state index contributed by atoms with van der Waals surface area (Å²) < 4.78 is 15.9. The van der Waals surface area contributed by atoms with Crippen LogP contribution in [0.15, 0.2) is 84.0 Å². The van der Waals surface area contributed by atoms with E-state index in [2.05, 4.69) is 21.2 Å². The number of methoxy groups -OCH3 is 1. The predicted molar refractivity (Wildman–Crippen MR) is 143 cm³/mol. The van der Waals surface area contributed by atoms with E-state index in [0.29, 0.717) is 22.7 Å². The van der Waals surface area contributed by atoms with E-state index in [1.165, 1.54) is 13.3 Å². The van der Waals surface area contributed by atoms with E-state index in [1.54, 1.807) is 37.3 Å². The fourth-order valence-corrected chi connectivity index (χ4v) is 3.37. The number of hydrazone groups is 1. The molecule has 198 valence electrons. The normalized spacial score (nSPS) is 11.3. The molecule has 38 heavy (non-hydrogen) atoms. The Bertz CT molecular complexity index is 1230. The van der Waals surface area contributed by atoms with Crippen LogP contribution in [0.2, 0.25) is 0 Å². The Kier molecular flexibility index (Phi) is 10.7. The third-order valence-corrected chi connectivity index (χ3v) is 5.16. The van der Waals surface area contributed by atoms with Crippen molar-refractivity contribution in [2.75, 3.05) is 25.6 Å². The summed E-state index contributed by atoms with van der Waals surface area (Å²) in [6.07, 6.45) is 1.000. The summed E-state index contributed by atoms with van der Waals surface area (Å²) in [4.78, 5) is 36.8. The molecule has 0 saturated carbocycles. The number of carbonyl (C=O) groups is 3. The van der Waals surface area contributed by atoms with Crippen molar-refractivity contribution < 1.29 is 28.6 Å². The zero-order valence-electron chi connectivity index (χ0n) is 21.2. The van der Waals surface area contributed by atoms with Gasteiger partial charge in [0.2, 0.25) is 0 Å². The maximum Gasteiger partial charge on any atom is 0.407 e. The minimum Gasteiger partial charge on any atom is -0.493 e. The summed E-state index contributed by atoms with van der Waals surface area (Å²) in [6, 6.07) is 22.4.